The van der Waals surface area contributed by atoms with Crippen molar-refractivity contribution < 1.29 is 4.57 Å². The van der Waals surface area contributed by atoms with E-state index in [1.165, 1.54) is 0 Å². The third kappa shape index (κ3) is 3.21. The Balaban J connectivity index is 1.41. The molecule has 0 atom stereocenters. The fourth-order valence-electron chi connectivity index (χ4n) is 4.84. The summed E-state index contributed by atoms with van der Waals surface area (Å²) in [5, 5.41) is 1.51. The zero-order valence-electron chi connectivity index (χ0n) is 19.2. The summed E-state index contributed by atoms with van der Waals surface area (Å²) in [5.74, 6) is 0. The number of para-hydroxylation sites is 3. The van der Waals surface area contributed by atoms with Crippen molar-refractivity contribution in [3.63, 3.8) is 0 Å². The zero-order chi connectivity index (χ0) is 24.1. The first-order valence-corrected chi connectivity index (χ1v) is 11.8. The predicted molar refractivity (Wildman–Crippen MR) is 143 cm³/mol. The number of benzene rings is 4. The van der Waals surface area contributed by atoms with Gasteiger partial charge in [-0.05, 0) is 54.1 Å². The Morgan fingerprint density at radius 2 is 1.64 bits per heavy atom. The summed E-state index contributed by atoms with van der Waals surface area (Å²) in [5.41, 5.74) is 7.59. The lowest BCUT2D eigenvalue weighted by molar-refractivity contribution is -0.572. The Kier molecular flexibility index (Phi) is 4.54. The minimum Gasteiger partial charge on any atom is -0.354 e. The minimum atomic E-state index is -0.0355. The molecule has 170 valence electrons. The third-order valence-electron chi connectivity index (χ3n) is 6.57. The molecule has 0 aliphatic rings. The number of aromatic amines is 1. The zero-order valence-corrected chi connectivity index (χ0v) is 19.2. The fraction of sp³-hybridized carbons (Fsp3) is 0. The molecule has 4 aromatic carbocycles. The lowest BCUT2D eigenvalue weighted by atomic mass is 10.1. The maximum atomic E-state index is 12.7. The number of aromatic nitrogens is 4. The second-order valence-corrected chi connectivity index (χ2v) is 8.76. The number of hydrogen-bond donors (Lipinski definition) is 1. The van der Waals surface area contributed by atoms with E-state index in [0.717, 1.165) is 44.6 Å². The largest absolute Gasteiger partial charge is 0.354 e. The highest BCUT2D eigenvalue weighted by atomic mass is 16.1. The van der Waals surface area contributed by atoms with E-state index in [-0.39, 0.29) is 5.43 Å². The fourth-order valence-corrected chi connectivity index (χ4v) is 4.84. The van der Waals surface area contributed by atoms with Gasteiger partial charge < -0.3 is 4.98 Å². The van der Waals surface area contributed by atoms with Crippen molar-refractivity contribution in [2.45, 2.75) is 0 Å². The molecule has 5 nitrogen and oxygen atoms in total. The van der Waals surface area contributed by atoms with Gasteiger partial charge in [0, 0.05) is 17.3 Å². The van der Waals surface area contributed by atoms with E-state index in [1.54, 1.807) is 18.3 Å². The van der Waals surface area contributed by atoms with E-state index in [4.69, 9.17) is 0 Å². The molecule has 3 heterocycles. The van der Waals surface area contributed by atoms with Gasteiger partial charge in [0.25, 0.3) is 6.33 Å². The molecule has 0 saturated carbocycles. The Morgan fingerprint density at radius 1 is 0.806 bits per heavy atom. The summed E-state index contributed by atoms with van der Waals surface area (Å²) in [4.78, 5) is 20.6. The van der Waals surface area contributed by atoms with Crippen LogP contribution in [0.4, 0.5) is 0 Å². The van der Waals surface area contributed by atoms with Crippen LogP contribution >= 0.6 is 0 Å². The summed E-state index contributed by atoms with van der Waals surface area (Å²) < 4.78 is 4.17. The maximum Gasteiger partial charge on any atom is 0.269 e. The number of pyridine rings is 2. The molecule has 36 heavy (non-hydrogen) atoms. The van der Waals surface area contributed by atoms with Crippen LogP contribution in [0, 0.1) is 6.33 Å². The molecule has 0 bridgehead atoms. The lowest BCUT2D eigenvalue weighted by Crippen LogP contribution is -2.29. The molecule has 7 aromatic rings. The van der Waals surface area contributed by atoms with Crippen LogP contribution in [0.15, 0.2) is 120 Å². The predicted octanol–water partition coefficient (Wildman–Crippen LogP) is 5.76. The topological polar surface area (TPSA) is 54.6 Å². The Labute approximate surface area is 206 Å². The number of rotatable bonds is 3. The van der Waals surface area contributed by atoms with Gasteiger partial charge in [-0.25, -0.2) is 0 Å². The average Bonchev–Trinajstić information content (AvgIpc) is 3.33. The summed E-state index contributed by atoms with van der Waals surface area (Å²) in [6.07, 6.45) is 5.34. The molecule has 0 amide bonds. The van der Waals surface area contributed by atoms with Gasteiger partial charge in [0.1, 0.15) is 0 Å². The first kappa shape index (κ1) is 20.4. The van der Waals surface area contributed by atoms with Crippen molar-refractivity contribution >= 4 is 32.8 Å². The third-order valence-corrected chi connectivity index (χ3v) is 6.57. The highest BCUT2D eigenvalue weighted by Gasteiger charge is 2.13. The van der Waals surface area contributed by atoms with Crippen molar-refractivity contribution in [1.29, 1.82) is 0 Å². The molecular formula is C31H20N4O. The minimum absolute atomic E-state index is 0.0355. The second kappa shape index (κ2) is 8.03. The van der Waals surface area contributed by atoms with Gasteiger partial charge in [0.15, 0.2) is 5.43 Å². The van der Waals surface area contributed by atoms with Crippen molar-refractivity contribution in [3.05, 3.63) is 132 Å². The summed E-state index contributed by atoms with van der Waals surface area (Å²) in [6.45, 7) is 0. The van der Waals surface area contributed by atoms with Gasteiger partial charge in [0.2, 0.25) is 0 Å². The number of fused-ring (bicyclic) bond motifs is 4. The Bertz CT molecular complexity index is 1970. The molecule has 0 aliphatic carbocycles. The number of H-pyrrole nitrogens is 1. The monoisotopic (exact) mass is 464 g/mol. The van der Waals surface area contributed by atoms with Crippen LogP contribution in [-0.2, 0) is 0 Å². The molecule has 0 saturated heterocycles. The van der Waals surface area contributed by atoms with Crippen LogP contribution in [0.1, 0.15) is 0 Å². The first-order valence-electron chi connectivity index (χ1n) is 11.8. The molecule has 0 aliphatic heterocycles. The van der Waals surface area contributed by atoms with Gasteiger partial charge in [-0.2, -0.15) is 0 Å². The normalized spacial score (nSPS) is 11.4. The average molecular weight is 465 g/mol. The summed E-state index contributed by atoms with van der Waals surface area (Å²) in [6, 6.07) is 36.1. The highest BCUT2D eigenvalue weighted by Crippen LogP contribution is 2.26. The van der Waals surface area contributed by atoms with Crippen LogP contribution in [0.5, 0.6) is 0 Å². The molecule has 3 aromatic heterocycles. The van der Waals surface area contributed by atoms with Crippen LogP contribution in [0.25, 0.3) is 55.5 Å². The van der Waals surface area contributed by atoms with Crippen molar-refractivity contribution in [2.24, 2.45) is 0 Å². The Morgan fingerprint density at radius 3 is 2.56 bits per heavy atom. The molecular weight excluding hydrogens is 444 g/mol. The van der Waals surface area contributed by atoms with E-state index in [1.807, 2.05) is 54.6 Å². The van der Waals surface area contributed by atoms with E-state index in [9.17, 15) is 4.79 Å². The smallest absolute Gasteiger partial charge is 0.269 e. The van der Waals surface area contributed by atoms with Gasteiger partial charge in [-0.15, -0.1) is 0 Å². The molecule has 0 spiro atoms. The van der Waals surface area contributed by atoms with Crippen molar-refractivity contribution in [3.8, 4) is 22.6 Å². The molecule has 0 radical (unpaired) electrons. The van der Waals surface area contributed by atoms with Gasteiger partial charge in [0.05, 0.1) is 38.8 Å². The van der Waals surface area contributed by atoms with Crippen LogP contribution in [-0.4, -0.2) is 14.5 Å². The summed E-state index contributed by atoms with van der Waals surface area (Å²) in [7, 11) is 0. The maximum absolute atomic E-state index is 12.7. The van der Waals surface area contributed by atoms with Crippen molar-refractivity contribution in [2.75, 3.05) is 0 Å². The number of hydrogen-bond acceptors (Lipinski definition) is 2. The lowest BCUT2D eigenvalue weighted by Gasteiger charge is -2.10. The van der Waals surface area contributed by atoms with E-state index in [2.05, 4.69) is 67.9 Å². The van der Waals surface area contributed by atoms with Gasteiger partial charge in [-0.1, -0.05) is 60.7 Å². The van der Waals surface area contributed by atoms with E-state index < -0.39 is 0 Å². The number of nitrogens with zero attached hydrogens (tertiary/aromatic N) is 3. The van der Waals surface area contributed by atoms with Crippen LogP contribution in [0.2, 0.25) is 0 Å². The van der Waals surface area contributed by atoms with Crippen LogP contribution < -0.4 is 10.00 Å². The first-order chi connectivity index (χ1) is 17.8. The number of imidazole rings is 1. The molecule has 1 N–H and O–H groups in total. The molecule has 0 fully saturated rings. The van der Waals surface area contributed by atoms with Gasteiger partial charge in [-0.3, -0.25) is 18.9 Å². The quantitative estimate of drug-likeness (QED) is 0.205. The van der Waals surface area contributed by atoms with Crippen LogP contribution in [0.3, 0.4) is 0 Å². The SMILES string of the molecule is O=c1cccc2ncc3ccc(-c4cccc(-[n+]5[c-]n(-c6ccccc6)c6ccccc65)c4)[nH]c3c12. The van der Waals surface area contributed by atoms with Crippen molar-refractivity contribution in [1.82, 2.24) is 14.5 Å². The second-order valence-electron chi connectivity index (χ2n) is 8.76. The number of nitrogens with one attached hydrogen (secondary N) is 1. The molecule has 7 rings (SSSR count). The van der Waals surface area contributed by atoms with Gasteiger partial charge >= 0.3 is 0 Å². The Hall–Kier alpha value is -5.03. The standard InChI is InChI=1S/C31H20N4O/c36-29-15-7-12-26-30(29)31-22(19-32-26)16-17-25(33-31)21-8-6-11-24(18-21)35-20-34(23-9-2-1-3-10-23)27-13-4-5-14-28(27)35/h1-19,33H. The summed E-state index contributed by atoms with van der Waals surface area (Å²) >= 11 is 0. The molecule has 5 heteroatoms. The molecule has 0 unspecified atom stereocenters. The van der Waals surface area contributed by atoms with E-state index in [0.29, 0.717) is 10.9 Å². The van der Waals surface area contributed by atoms with E-state index >= 15 is 0 Å². The highest BCUT2D eigenvalue weighted by molar-refractivity contribution is 6.03.